The summed E-state index contributed by atoms with van der Waals surface area (Å²) in [5.74, 6) is 0.418. The molecule has 2 aliphatic heterocycles. The number of carbonyl (C=O) groups is 1. The van der Waals surface area contributed by atoms with E-state index in [0.717, 1.165) is 15.4 Å². The van der Waals surface area contributed by atoms with Gasteiger partial charge in [-0.2, -0.15) is 12.7 Å². The fourth-order valence-corrected chi connectivity index (χ4v) is 5.82. The van der Waals surface area contributed by atoms with Crippen LogP contribution in [0.5, 0.6) is 5.75 Å². The van der Waals surface area contributed by atoms with Crippen molar-refractivity contribution in [3.8, 4) is 16.9 Å². The van der Waals surface area contributed by atoms with Gasteiger partial charge in [0.1, 0.15) is 5.75 Å². The summed E-state index contributed by atoms with van der Waals surface area (Å²) in [6.45, 7) is 0.232. The maximum atomic E-state index is 13.8. The number of methoxy groups -OCH3 is 1. The third kappa shape index (κ3) is 5.11. The van der Waals surface area contributed by atoms with Gasteiger partial charge >= 0.3 is 10.3 Å². The number of guanidine groups is 1. The van der Waals surface area contributed by atoms with Crippen LogP contribution in [0.3, 0.4) is 0 Å². The van der Waals surface area contributed by atoms with Crippen LogP contribution in [0.1, 0.15) is 22.7 Å². The minimum atomic E-state index is -4.47. The Morgan fingerprint density at radius 1 is 1.05 bits per heavy atom. The van der Waals surface area contributed by atoms with Gasteiger partial charge < -0.3 is 15.2 Å². The number of morpholine rings is 1. The van der Waals surface area contributed by atoms with Crippen molar-refractivity contribution in [2.45, 2.75) is 11.6 Å². The molecule has 1 amide bonds. The number of ether oxygens (including phenoxy) is 2. The summed E-state index contributed by atoms with van der Waals surface area (Å²) in [7, 11) is -1.31. The Morgan fingerprint density at radius 2 is 1.69 bits per heavy atom. The lowest BCUT2D eigenvalue weighted by molar-refractivity contribution is -0.129. The summed E-state index contributed by atoms with van der Waals surface area (Å²) >= 11 is 0. The number of rotatable bonds is 6. The summed E-state index contributed by atoms with van der Waals surface area (Å²) in [6.07, 6.45) is 0. The van der Waals surface area contributed by atoms with E-state index in [1.165, 1.54) is 4.90 Å². The first-order valence-corrected chi connectivity index (χ1v) is 13.4. The second-order valence-corrected chi connectivity index (χ2v) is 10.5. The third-order valence-electron chi connectivity index (χ3n) is 6.99. The van der Waals surface area contributed by atoms with Crippen molar-refractivity contribution < 1.29 is 27.2 Å². The molecule has 0 aliphatic carbocycles. The fourth-order valence-electron chi connectivity index (χ4n) is 5.01. The topological polar surface area (TPSA) is 135 Å². The van der Waals surface area contributed by atoms with Crippen LogP contribution in [0.15, 0.2) is 77.8 Å². The Labute approximate surface area is 233 Å². The van der Waals surface area contributed by atoms with Crippen molar-refractivity contribution in [1.29, 1.82) is 0 Å². The number of amides is 1. The Kier molecular flexibility index (Phi) is 8.01. The van der Waals surface area contributed by atoms with Gasteiger partial charge in [-0.3, -0.25) is 14.2 Å². The number of halogens is 1. The lowest BCUT2D eigenvalue weighted by Crippen LogP contribution is -2.43. The van der Waals surface area contributed by atoms with Crippen LogP contribution in [0.25, 0.3) is 11.1 Å². The molecule has 0 aromatic heterocycles. The zero-order chi connectivity index (χ0) is 27.1. The molecule has 0 saturated carbocycles. The number of hydrogen-bond acceptors (Lipinski definition) is 7. The SMILES string of the molecule is COc1cccc(-c2cccc(C3(c4cccc(C5COCCN5S(=O)(=O)O)c4)N=C(N)N(C)C3=O)c2)c1.Cl. The second-order valence-electron chi connectivity index (χ2n) is 9.16. The third-order valence-corrected chi connectivity index (χ3v) is 8.02. The first-order valence-electron chi connectivity index (χ1n) is 12.0. The molecule has 3 N–H and O–H groups in total. The summed E-state index contributed by atoms with van der Waals surface area (Å²) < 4.78 is 45.8. The van der Waals surface area contributed by atoms with Crippen LogP contribution in [0, 0.1) is 0 Å². The normalized spacial score (nSPS) is 21.8. The van der Waals surface area contributed by atoms with Crippen molar-refractivity contribution in [2.75, 3.05) is 33.9 Å². The molecular weight excluding hydrogens is 544 g/mol. The second kappa shape index (κ2) is 10.9. The van der Waals surface area contributed by atoms with Gasteiger partial charge in [-0.25, -0.2) is 4.99 Å². The van der Waals surface area contributed by atoms with Crippen LogP contribution in [0.4, 0.5) is 0 Å². The van der Waals surface area contributed by atoms with E-state index in [0.29, 0.717) is 22.4 Å². The summed E-state index contributed by atoms with van der Waals surface area (Å²) in [4.78, 5) is 19.8. The molecule has 10 nitrogen and oxygen atoms in total. The molecule has 3 aromatic rings. The first kappa shape index (κ1) is 28.5. The summed E-state index contributed by atoms with van der Waals surface area (Å²) in [6, 6.07) is 21.3. The summed E-state index contributed by atoms with van der Waals surface area (Å²) in [5.41, 5.74) is 8.08. The maximum absolute atomic E-state index is 13.8. The molecule has 2 unspecified atom stereocenters. The van der Waals surface area contributed by atoms with Gasteiger partial charge in [0.15, 0.2) is 11.5 Å². The number of carbonyl (C=O) groups excluding carboxylic acids is 1. The van der Waals surface area contributed by atoms with Gasteiger partial charge in [-0.15, -0.1) is 12.4 Å². The molecule has 39 heavy (non-hydrogen) atoms. The highest BCUT2D eigenvalue weighted by Gasteiger charge is 2.50. The summed E-state index contributed by atoms with van der Waals surface area (Å²) in [5, 5.41) is 0. The number of benzene rings is 3. The number of likely N-dealkylation sites (N-methyl/N-ethyl adjacent to an activating group) is 1. The maximum Gasteiger partial charge on any atom is 0.336 e. The van der Waals surface area contributed by atoms with E-state index in [-0.39, 0.29) is 44.0 Å². The zero-order valence-corrected chi connectivity index (χ0v) is 23.0. The van der Waals surface area contributed by atoms with Gasteiger partial charge in [0.25, 0.3) is 5.91 Å². The van der Waals surface area contributed by atoms with Crippen LogP contribution in [0.2, 0.25) is 0 Å². The van der Waals surface area contributed by atoms with E-state index in [9.17, 15) is 17.8 Å². The zero-order valence-electron chi connectivity index (χ0n) is 21.4. The molecule has 206 valence electrons. The lowest BCUT2D eigenvalue weighted by Gasteiger charge is -2.33. The Bertz CT molecular complexity index is 1530. The van der Waals surface area contributed by atoms with Gasteiger partial charge in [-0.1, -0.05) is 54.6 Å². The molecule has 0 radical (unpaired) electrons. The van der Waals surface area contributed by atoms with E-state index in [2.05, 4.69) is 4.99 Å². The molecule has 0 bridgehead atoms. The van der Waals surface area contributed by atoms with E-state index < -0.39 is 21.9 Å². The van der Waals surface area contributed by atoms with Crippen molar-refractivity contribution in [3.05, 3.63) is 89.5 Å². The molecule has 3 aromatic carbocycles. The van der Waals surface area contributed by atoms with Crippen LogP contribution >= 0.6 is 12.4 Å². The number of hydrogen-bond donors (Lipinski definition) is 2. The van der Waals surface area contributed by atoms with E-state index >= 15 is 0 Å². The molecule has 0 spiro atoms. The van der Waals surface area contributed by atoms with Crippen LogP contribution in [-0.4, -0.2) is 68.0 Å². The van der Waals surface area contributed by atoms with Crippen LogP contribution < -0.4 is 10.5 Å². The van der Waals surface area contributed by atoms with E-state index in [1.54, 1.807) is 38.4 Å². The molecule has 12 heteroatoms. The highest BCUT2D eigenvalue weighted by atomic mass is 35.5. The Balaban J connectivity index is 0.00000353. The predicted octanol–water partition coefficient (Wildman–Crippen LogP) is 2.99. The molecule has 1 fully saturated rings. The first-order chi connectivity index (χ1) is 18.1. The molecule has 5 rings (SSSR count). The lowest BCUT2D eigenvalue weighted by atomic mass is 9.80. The predicted molar refractivity (Wildman–Crippen MR) is 149 cm³/mol. The van der Waals surface area contributed by atoms with Crippen molar-refractivity contribution in [3.63, 3.8) is 0 Å². The van der Waals surface area contributed by atoms with Crippen LogP contribution in [-0.2, 0) is 25.4 Å². The van der Waals surface area contributed by atoms with Crippen molar-refractivity contribution in [1.82, 2.24) is 9.21 Å². The molecular formula is C27H29ClN4O6S. The van der Waals surface area contributed by atoms with Crippen molar-refractivity contribution >= 4 is 34.6 Å². The quantitative estimate of drug-likeness (QED) is 0.434. The molecule has 2 heterocycles. The van der Waals surface area contributed by atoms with E-state index in [4.69, 9.17) is 15.2 Å². The fraction of sp³-hybridized carbons (Fsp3) is 0.259. The van der Waals surface area contributed by atoms with Crippen molar-refractivity contribution in [2.24, 2.45) is 10.7 Å². The molecule has 2 atom stereocenters. The standard InChI is InChI=1S/C27H28N4O6S.ClH/c1-30-25(32)27(29-26(30)28,21-9-3-6-18(14-21)19-7-5-11-23(16-19)36-2)22-10-4-8-20(15-22)24-17-37-13-12-31(24)38(33,34)35;/h3-11,14-16,24H,12-13,17H2,1-2H3,(H2,28,29)(H,33,34,35);1H. The average Bonchev–Trinajstić information content (AvgIpc) is 3.17. The molecule has 2 aliphatic rings. The number of nitrogens with two attached hydrogens (primary N) is 1. The number of aliphatic imine (C=N–C) groups is 1. The van der Waals surface area contributed by atoms with Gasteiger partial charge in [0, 0.05) is 13.6 Å². The smallest absolute Gasteiger partial charge is 0.336 e. The van der Waals surface area contributed by atoms with Gasteiger partial charge in [0.2, 0.25) is 0 Å². The minimum Gasteiger partial charge on any atom is -0.497 e. The highest BCUT2D eigenvalue weighted by molar-refractivity contribution is 7.83. The minimum absolute atomic E-state index is 0. The van der Waals surface area contributed by atoms with Gasteiger partial charge in [0.05, 0.1) is 26.4 Å². The molecule has 1 saturated heterocycles. The largest absolute Gasteiger partial charge is 0.497 e. The Hall–Kier alpha value is -3.48. The van der Waals surface area contributed by atoms with Gasteiger partial charge in [-0.05, 0) is 46.0 Å². The number of nitrogens with zero attached hydrogens (tertiary/aromatic N) is 3. The monoisotopic (exact) mass is 572 g/mol. The highest BCUT2D eigenvalue weighted by Crippen LogP contribution is 2.42. The average molecular weight is 573 g/mol. The van der Waals surface area contributed by atoms with E-state index in [1.807, 2.05) is 48.5 Å². The Morgan fingerprint density at radius 3 is 2.33 bits per heavy atom.